The minimum Gasteiger partial charge on any atom is -0.453 e. The summed E-state index contributed by atoms with van der Waals surface area (Å²) in [5, 5.41) is 12.9. The first kappa shape index (κ1) is 104. The van der Waals surface area contributed by atoms with Gasteiger partial charge in [-0.05, 0) is 182 Å². The van der Waals surface area contributed by atoms with Crippen molar-refractivity contribution in [2.75, 3.05) is 60.6 Å². The lowest BCUT2D eigenvalue weighted by molar-refractivity contribution is -0.136. The third-order valence-electron chi connectivity index (χ3n) is 23.7. The van der Waals surface area contributed by atoms with Crippen LogP contribution in [0.1, 0.15) is 216 Å². The first-order chi connectivity index (χ1) is 63.9. The van der Waals surface area contributed by atoms with Crippen LogP contribution in [-0.2, 0) is 47.4 Å². The van der Waals surface area contributed by atoms with Crippen molar-refractivity contribution < 1.29 is 85.7 Å². The molecule has 720 valence electrons. The summed E-state index contributed by atoms with van der Waals surface area (Å²) in [6.07, 6.45) is 7.22. The average Bonchev–Trinajstić information content (AvgIpc) is 1.64. The molecular weight excluding hydrogens is 1790 g/mol. The highest BCUT2D eigenvalue weighted by molar-refractivity contribution is 9.10. The SMILES string of the molecule is CC(C)(C)OC(=O)NCC(=O)c1ccc(Br)cc1.COC(=O)N[C@H](C(=O)N1CCC[C@H]1c1ncc(-c2ccc(-c3ccc(C(=O)CN)cc3)cc2)[nH]1)C(C)C.COC(=O)N[C@H](C(=O)N1CCC[C@H]1c1ncc(-c2ccc(-c3ccc(C(=O)CNC(=O)OC(C)(C)C)cc3)cc2)[nH]1)C(C)C.COC(=O)N[C@H](C(=O)N1CCC[C@H]1c1ncc(-c2ccc(B3OC(C)(C)C(C)(C)O3)cc2)[nH]1)C(C)C. The highest BCUT2D eigenvalue weighted by atomic mass is 79.9. The number of amides is 8. The molecule has 33 nitrogen and oxygen atoms in total. The van der Waals surface area contributed by atoms with Crippen LogP contribution in [0.3, 0.4) is 0 Å². The Labute approximate surface area is 797 Å². The van der Waals surface area contributed by atoms with Gasteiger partial charge in [-0.1, -0.05) is 191 Å². The van der Waals surface area contributed by atoms with Crippen molar-refractivity contribution in [3.8, 4) is 56.0 Å². The second kappa shape index (κ2) is 46.4. The number of nitrogens with one attached hydrogen (secondary N) is 8. The largest absolute Gasteiger partial charge is 0.494 e. The van der Waals surface area contributed by atoms with Gasteiger partial charge in [0.1, 0.15) is 46.8 Å². The number of imidazole rings is 3. The van der Waals surface area contributed by atoms with Crippen LogP contribution in [0.5, 0.6) is 0 Å². The van der Waals surface area contributed by atoms with E-state index < -0.39 is 66.9 Å². The number of carbonyl (C=O) groups excluding carboxylic acids is 11. The molecule has 4 aliphatic rings. The fourth-order valence-electron chi connectivity index (χ4n) is 15.6. The summed E-state index contributed by atoms with van der Waals surface area (Å²) in [6, 6.07) is 43.1. The van der Waals surface area contributed by atoms with Crippen LogP contribution in [0.25, 0.3) is 56.0 Å². The molecule has 8 amide bonds. The normalized spacial score (nSPS) is 16.7. The van der Waals surface area contributed by atoms with Crippen molar-refractivity contribution in [1.82, 2.24) is 71.2 Å². The van der Waals surface area contributed by atoms with Gasteiger partial charge in [0.25, 0.3) is 0 Å². The summed E-state index contributed by atoms with van der Waals surface area (Å²) < 4.78 is 37.6. The average molecular weight is 1920 g/mol. The number of ketones is 3. The number of halogens is 1. The first-order valence-corrected chi connectivity index (χ1v) is 46.1. The number of alkyl carbamates (subject to hydrolysis) is 5. The van der Waals surface area contributed by atoms with E-state index in [-0.39, 0.29) is 102 Å². The maximum absolute atomic E-state index is 13.4. The van der Waals surface area contributed by atoms with Crippen molar-refractivity contribution >= 4 is 94.0 Å². The Morgan fingerprint density at radius 1 is 0.422 bits per heavy atom. The monoisotopic (exact) mass is 1920 g/mol. The Hall–Kier alpha value is -12.9. The molecule has 0 saturated carbocycles. The molecule has 6 aromatic carbocycles. The minimum atomic E-state index is -0.689. The van der Waals surface area contributed by atoms with Crippen molar-refractivity contribution in [2.45, 2.75) is 208 Å². The lowest BCUT2D eigenvalue weighted by Crippen LogP contribution is -2.51. The number of Topliss-reactive ketones (excluding diaryl/α,β-unsaturated/α-hetero) is 3. The highest BCUT2D eigenvalue weighted by Crippen LogP contribution is 2.40. The summed E-state index contributed by atoms with van der Waals surface area (Å²) in [5.74, 6) is 1.04. The van der Waals surface area contributed by atoms with Crippen LogP contribution in [-0.4, -0.2) is 218 Å². The first-order valence-electron chi connectivity index (χ1n) is 45.4. The topological polar surface area (TPSA) is 434 Å². The van der Waals surface area contributed by atoms with E-state index in [1.807, 2.05) is 171 Å². The maximum atomic E-state index is 13.4. The van der Waals surface area contributed by atoms with Crippen LogP contribution >= 0.6 is 15.9 Å². The highest BCUT2D eigenvalue weighted by Gasteiger charge is 2.52. The number of aromatic nitrogens is 6. The number of hydrogen-bond acceptors (Lipinski definition) is 22. The van der Waals surface area contributed by atoms with Gasteiger partial charge >= 0.3 is 37.6 Å². The number of methoxy groups -OCH3 is 3. The van der Waals surface area contributed by atoms with Gasteiger partial charge in [-0.25, -0.2) is 38.9 Å². The zero-order chi connectivity index (χ0) is 98.6. The van der Waals surface area contributed by atoms with Gasteiger partial charge in [0.2, 0.25) is 17.7 Å². The molecule has 9 aromatic rings. The van der Waals surface area contributed by atoms with E-state index in [1.54, 1.807) is 118 Å². The molecule has 0 aliphatic carbocycles. The second-order valence-electron chi connectivity index (χ2n) is 37.4. The maximum Gasteiger partial charge on any atom is 0.494 e. The molecule has 0 radical (unpaired) electrons. The predicted molar refractivity (Wildman–Crippen MR) is 517 cm³/mol. The number of benzene rings is 6. The number of nitrogens with two attached hydrogens (primary N) is 1. The van der Waals surface area contributed by atoms with E-state index >= 15 is 0 Å². The number of rotatable bonds is 26. The Morgan fingerprint density at radius 3 is 0.963 bits per heavy atom. The second-order valence-corrected chi connectivity index (χ2v) is 38.3. The Bertz CT molecular complexity index is 5560. The Morgan fingerprint density at radius 2 is 0.689 bits per heavy atom. The molecule has 0 unspecified atom stereocenters. The summed E-state index contributed by atoms with van der Waals surface area (Å²) in [6.45, 7) is 31.7. The molecule has 4 saturated heterocycles. The fraction of sp³-hybridized carbons (Fsp3) is 0.440. The number of hydrogen-bond donors (Lipinski definition) is 9. The summed E-state index contributed by atoms with van der Waals surface area (Å²) in [4.78, 5) is 164. The number of carbonyl (C=O) groups is 11. The molecule has 4 fully saturated rings. The molecule has 135 heavy (non-hydrogen) atoms. The molecule has 13 rings (SSSR count). The van der Waals surface area contributed by atoms with Gasteiger partial charge in [0.05, 0.1) is 106 Å². The fourth-order valence-corrected chi connectivity index (χ4v) is 15.9. The third-order valence-corrected chi connectivity index (χ3v) is 24.2. The number of likely N-dealkylation sites (tertiary alicyclic amines) is 3. The zero-order valence-electron chi connectivity index (χ0n) is 80.3. The van der Waals surface area contributed by atoms with Crippen LogP contribution in [0.15, 0.2) is 169 Å². The molecule has 6 atom stereocenters. The van der Waals surface area contributed by atoms with Gasteiger partial charge in [-0.3, -0.25) is 28.8 Å². The number of H-pyrrole nitrogens is 3. The van der Waals surface area contributed by atoms with Crippen molar-refractivity contribution in [3.63, 3.8) is 0 Å². The van der Waals surface area contributed by atoms with Crippen LogP contribution in [0.4, 0.5) is 24.0 Å². The van der Waals surface area contributed by atoms with E-state index in [0.717, 1.165) is 116 Å². The minimum absolute atomic E-state index is 0.00429. The molecular formula is C100H127BBrN15O18. The van der Waals surface area contributed by atoms with E-state index in [4.69, 9.17) is 38.7 Å². The van der Waals surface area contributed by atoms with Crippen LogP contribution in [0, 0.1) is 17.8 Å². The van der Waals surface area contributed by atoms with Crippen LogP contribution in [0.2, 0.25) is 0 Å². The van der Waals surface area contributed by atoms with E-state index in [9.17, 15) is 52.7 Å². The molecule has 3 aromatic heterocycles. The summed E-state index contributed by atoms with van der Waals surface area (Å²) in [7, 11) is 3.45. The molecule has 0 spiro atoms. The van der Waals surface area contributed by atoms with Gasteiger partial charge in [0, 0.05) is 40.8 Å². The molecule has 4 aliphatic heterocycles. The summed E-state index contributed by atoms with van der Waals surface area (Å²) >= 11 is 3.29. The molecule has 35 heteroatoms. The van der Waals surface area contributed by atoms with E-state index in [1.165, 1.54) is 21.3 Å². The van der Waals surface area contributed by atoms with Gasteiger partial charge in [0.15, 0.2) is 17.3 Å². The lowest BCUT2D eigenvalue weighted by atomic mass is 9.79. The molecule has 7 heterocycles. The van der Waals surface area contributed by atoms with E-state index in [2.05, 4.69) is 72.4 Å². The zero-order valence-corrected chi connectivity index (χ0v) is 81.9. The van der Waals surface area contributed by atoms with Crippen molar-refractivity contribution in [3.05, 3.63) is 203 Å². The standard InChI is InChI=1S/C33H41N5O6.C28H33N5O4.C26H37BN4O5.C13H16BrNO3/c1-20(2)28(37-32(42)43-6)30(40)38-17-7-8-26(38)29-34-18-25(36-29)23-13-9-21(10-14-23)22-11-15-24(16-12-22)27(39)19-35-31(41)44-33(3,4)5;1-17(2)25(32-28(36)37-3)27(35)33-14-4-5-23(33)26-30-16-22(31-26)20-10-6-18(7-11-20)19-8-12-21(13-9-19)24(34)15-29;1-16(2)21(30-24(33)34-7)23(32)31-14-8-9-20(31)22-28-15-19(29-22)17-10-12-18(13-11-17)27-35-25(3,4)26(5,6)36-27;1-13(2,3)18-12(17)15-8-11(16)9-4-6-10(14)7-5-9/h9-16,18,20,26,28H,7-8,17,19H2,1-6H3,(H,34,36)(H,35,41)(H,37,42);6-13,16-17,23,25H,4-5,14-15,29H2,1-3H3,(H,30,31)(H,32,36);10-13,15-16,20-21H,8-9,14H2,1-7H3,(H,28,29)(H,30,33);4-7H,8H2,1-3H3,(H,15,17)/t26-,28-;23-,25-;20-,21-;/m000./s1. The molecule has 10 N–H and O–H groups in total. The van der Waals surface area contributed by atoms with Gasteiger partial charge < -0.3 is 95.0 Å². The predicted octanol–water partition coefficient (Wildman–Crippen LogP) is 16.0. The van der Waals surface area contributed by atoms with Crippen molar-refractivity contribution in [1.29, 1.82) is 0 Å². The Balaban J connectivity index is 0.000000193. The van der Waals surface area contributed by atoms with Gasteiger partial charge in [-0.2, -0.15) is 0 Å². The smallest absolute Gasteiger partial charge is 0.453 e. The number of nitrogens with zero attached hydrogens (tertiary/aromatic N) is 6. The lowest BCUT2D eigenvalue weighted by Gasteiger charge is -2.32. The summed E-state index contributed by atoms with van der Waals surface area (Å²) in [5.41, 5.74) is 15.5. The van der Waals surface area contributed by atoms with Crippen molar-refractivity contribution in [2.24, 2.45) is 23.5 Å². The third kappa shape index (κ3) is 28.2. The van der Waals surface area contributed by atoms with E-state index in [0.29, 0.717) is 42.1 Å². The number of aromatic amines is 3. The quantitative estimate of drug-likeness (QED) is 0.0138. The molecule has 0 bridgehead atoms. The van der Waals surface area contributed by atoms with Gasteiger partial charge in [-0.15, -0.1) is 0 Å². The van der Waals surface area contributed by atoms with Crippen LogP contribution < -0.4 is 37.8 Å². The number of ether oxygens (including phenoxy) is 5. The Kier molecular flexibility index (Phi) is 35.8.